The molecule has 0 saturated heterocycles. The quantitative estimate of drug-likeness (QED) is 0.673. The molecular weight excluding hydrogens is 180 g/mol. The number of carbonyl (C=O) groups is 1. The predicted molar refractivity (Wildman–Crippen MR) is 52.7 cm³/mol. The lowest BCUT2D eigenvalue weighted by molar-refractivity contribution is 0.0996. The van der Waals surface area contributed by atoms with E-state index >= 15 is 0 Å². The topological polar surface area (TPSA) is 86.9 Å². The third-order valence-electron chi connectivity index (χ3n) is 2.60. The molecule has 1 aliphatic rings. The first kappa shape index (κ1) is 9.05. The first-order chi connectivity index (χ1) is 6.70. The molecule has 2 heterocycles. The van der Waals surface area contributed by atoms with E-state index in [4.69, 9.17) is 11.5 Å². The van der Waals surface area contributed by atoms with Gasteiger partial charge in [0.15, 0.2) is 5.69 Å². The molecule has 0 aliphatic carbocycles. The standard InChI is InChI=1S/C9H14N4O/c10-8-7(9(11)14)12-6-4-2-1-3-5-13(6)8/h1-5,10H2,(H2,11,14). The van der Waals surface area contributed by atoms with Gasteiger partial charge in [-0.2, -0.15) is 0 Å². The van der Waals surface area contributed by atoms with Gasteiger partial charge < -0.3 is 16.0 Å². The summed E-state index contributed by atoms with van der Waals surface area (Å²) in [7, 11) is 0. The molecule has 5 heteroatoms. The lowest BCUT2D eigenvalue weighted by Gasteiger charge is -2.04. The highest BCUT2D eigenvalue weighted by Gasteiger charge is 2.19. The van der Waals surface area contributed by atoms with Crippen molar-refractivity contribution >= 4 is 11.7 Å². The highest BCUT2D eigenvalue weighted by atomic mass is 16.1. The highest BCUT2D eigenvalue weighted by Crippen LogP contribution is 2.20. The summed E-state index contributed by atoms with van der Waals surface area (Å²) in [5.74, 6) is 0.784. The maximum Gasteiger partial charge on any atom is 0.271 e. The molecule has 0 aromatic carbocycles. The first-order valence-corrected chi connectivity index (χ1v) is 4.85. The third-order valence-corrected chi connectivity index (χ3v) is 2.60. The van der Waals surface area contributed by atoms with Gasteiger partial charge in [-0.05, 0) is 12.8 Å². The fourth-order valence-electron chi connectivity index (χ4n) is 1.87. The van der Waals surface area contributed by atoms with Crippen molar-refractivity contribution in [2.75, 3.05) is 5.73 Å². The second-order valence-electron chi connectivity index (χ2n) is 3.59. The molecule has 1 aromatic heterocycles. The van der Waals surface area contributed by atoms with E-state index in [9.17, 15) is 4.79 Å². The van der Waals surface area contributed by atoms with Crippen LogP contribution in [-0.4, -0.2) is 15.5 Å². The fraction of sp³-hybridized carbons (Fsp3) is 0.556. The van der Waals surface area contributed by atoms with Gasteiger partial charge in [0.25, 0.3) is 5.91 Å². The summed E-state index contributed by atoms with van der Waals surface area (Å²) in [5, 5.41) is 0. The Morgan fingerprint density at radius 1 is 1.36 bits per heavy atom. The van der Waals surface area contributed by atoms with Gasteiger partial charge in [-0.25, -0.2) is 4.98 Å². The summed E-state index contributed by atoms with van der Waals surface area (Å²) >= 11 is 0. The maximum absolute atomic E-state index is 11.0. The van der Waals surface area contributed by atoms with Crippen LogP contribution in [0.15, 0.2) is 0 Å². The van der Waals surface area contributed by atoms with Crippen molar-refractivity contribution in [3.8, 4) is 0 Å². The number of amides is 1. The summed E-state index contributed by atoms with van der Waals surface area (Å²) < 4.78 is 1.91. The Morgan fingerprint density at radius 2 is 2.14 bits per heavy atom. The van der Waals surface area contributed by atoms with Crippen molar-refractivity contribution in [2.45, 2.75) is 32.2 Å². The van der Waals surface area contributed by atoms with Crippen LogP contribution >= 0.6 is 0 Å². The molecule has 76 valence electrons. The Kier molecular flexibility index (Phi) is 2.15. The van der Waals surface area contributed by atoms with Crippen LogP contribution in [0.5, 0.6) is 0 Å². The lowest BCUT2D eigenvalue weighted by atomic mass is 10.2. The summed E-state index contributed by atoms with van der Waals surface area (Å²) in [6, 6.07) is 0. The monoisotopic (exact) mass is 194 g/mol. The van der Waals surface area contributed by atoms with Gasteiger partial charge >= 0.3 is 0 Å². The second kappa shape index (κ2) is 3.32. The molecule has 0 spiro atoms. The van der Waals surface area contributed by atoms with Crippen molar-refractivity contribution in [3.05, 3.63) is 11.5 Å². The lowest BCUT2D eigenvalue weighted by Crippen LogP contribution is -2.14. The van der Waals surface area contributed by atoms with Crippen LogP contribution in [0, 0.1) is 0 Å². The number of carbonyl (C=O) groups excluding carboxylic acids is 1. The number of nitrogens with two attached hydrogens (primary N) is 2. The molecule has 1 aromatic rings. The second-order valence-corrected chi connectivity index (χ2v) is 3.59. The number of nitrogens with zero attached hydrogens (tertiary/aromatic N) is 2. The normalized spacial score (nSPS) is 16.0. The molecule has 0 fully saturated rings. The number of fused-ring (bicyclic) bond motifs is 1. The highest BCUT2D eigenvalue weighted by molar-refractivity contribution is 5.95. The molecule has 0 atom stereocenters. The molecule has 0 radical (unpaired) electrons. The van der Waals surface area contributed by atoms with Crippen molar-refractivity contribution in [1.29, 1.82) is 0 Å². The first-order valence-electron chi connectivity index (χ1n) is 4.85. The molecule has 1 aliphatic heterocycles. The summed E-state index contributed by atoms with van der Waals surface area (Å²) in [4.78, 5) is 15.2. The number of aromatic nitrogens is 2. The maximum atomic E-state index is 11.0. The Bertz CT molecular complexity index is 369. The molecule has 14 heavy (non-hydrogen) atoms. The molecule has 0 saturated carbocycles. The Hall–Kier alpha value is -1.52. The van der Waals surface area contributed by atoms with Crippen molar-refractivity contribution < 1.29 is 4.79 Å². The molecule has 4 N–H and O–H groups in total. The predicted octanol–water partition coefficient (Wildman–Crippen LogP) is 0.291. The molecule has 1 amide bonds. The van der Waals surface area contributed by atoms with Gasteiger partial charge in [-0.3, -0.25) is 4.79 Å². The number of anilines is 1. The van der Waals surface area contributed by atoms with Crippen LogP contribution in [0.2, 0.25) is 0 Å². The molecule has 2 rings (SSSR count). The Morgan fingerprint density at radius 3 is 2.86 bits per heavy atom. The van der Waals surface area contributed by atoms with Gasteiger partial charge in [0.2, 0.25) is 0 Å². The van der Waals surface area contributed by atoms with Crippen LogP contribution in [0.25, 0.3) is 0 Å². The Balaban J connectivity index is 2.45. The van der Waals surface area contributed by atoms with E-state index in [0.29, 0.717) is 5.82 Å². The average Bonchev–Trinajstić information content (AvgIpc) is 2.37. The van der Waals surface area contributed by atoms with Gasteiger partial charge in [0.05, 0.1) is 0 Å². The van der Waals surface area contributed by atoms with E-state index in [0.717, 1.165) is 31.6 Å². The molecule has 5 nitrogen and oxygen atoms in total. The van der Waals surface area contributed by atoms with E-state index < -0.39 is 5.91 Å². The third kappa shape index (κ3) is 1.34. The summed E-state index contributed by atoms with van der Waals surface area (Å²) in [5.41, 5.74) is 11.2. The summed E-state index contributed by atoms with van der Waals surface area (Å²) in [6.07, 6.45) is 4.27. The minimum atomic E-state index is -0.539. The van der Waals surface area contributed by atoms with Gasteiger partial charge in [0, 0.05) is 13.0 Å². The SMILES string of the molecule is NC(=O)c1nc2n(c1N)CCCCC2. The van der Waals surface area contributed by atoms with Gasteiger partial charge in [0.1, 0.15) is 11.6 Å². The smallest absolute Gasteiger partial charge is 0.271 e. The van der Waals surface area contributed by atoms with Gasteiger partial charge in [-0.15, -0.1) is 0 Å². The van der Waals surface area contributed by atoms with Gasteiger partial charge in [-0.1, -0.05) is 6.42 Å². The van der Waals surface area contributed by atoms with Crippen molar-refractivity contribution in [1.82, 2.24) is 9.55 Å². The fourth-order valence-corrected chi connectivity index (χ4v) is 1.87. The van der Waals surface area contributed by atoms with Crippen LogP contribution < -0.4 is 11.5 Å². The number of primary amides is 1. The molecule has 0 unspecified atom stereocenters. The van der Waals surface area contributed by atoms with Crippen LogP contribution in [0.3, 0.4) is 0 Å². The van der Waals surface area contributed by atoms with E-state index in [1.54, 1.807) is 0 Å². The van der Waals surface area contributed by atoms with E-state index in [1.165, 1.54) is 6.42 Å². The van der Waals surface area contributed by atoms with E-state index in [1.807, 2.05) is 4.57 Å². The van der Waals surface area contributed by atoms with Crippen LogP contribution in [0.1, 0.15) is 35.6 Å². The zero-order valence-corrected chi connectivity index (χ0v) is 7.99. The Labute approximate surface area is 82.1 Å². The number of hydrogen-bond donors (Lipinski definition) is 2. The molecule has 0 bridgehead atoms. The van der Waals surface area contributed by atoms with Crippen LogP contribution in [-0.2, 0) is 13.0 Å². The number of rotatable bonds is 1. The van der Waals surface area contributed by atoms with Crippen molar-refractivity contribution in [3.63, 3.8) is 0 Å². The van der Waals surface area contributed by atoms with Crippen molar-refractivity contribution in [2.24, 2.45) is 5.73 Å². The van der Waals surface area contributed by atoms with E-state index in [2.05, 4.69) is 4.98 Å². The average molecular weight is 194 g/mol. The zero-order chi connectivity index (χ0) is 10.1. The van der Waals surface area contributed by atoms with E-state index in [-0.39, 0.29) is 5.69 Å². The minimum Gasteiger partial charge on any atom is -0.383 e. The number of hydrogen-bond acceptors (Lipinski definition) is 3. The van der Waals surface area contributed by atoms with Crippen LogP contribution in [0.4, 0.5) is 5.82 Å². The zero-order valence-electron chi connectivity index (χ0n) is 7.99. The summed E-state index contributed by atoms with van der Waals surface area (Å²) in [6.45, 7) is 0.849. The minimum absolute atomic E-state index is 0.224. The number of imidazole rings is 1. The largest absolute Gasteiger partial charge is 0.383 e. The molecular formula is C9H14N4O. The number of nitrogen functional groups attached to an aromatic ring is 1. The number of aryl methyl sites for hydroxylation is 1.